The molecule has 3 heterocycles. The van der Waals surface area contributed by atoms with Gasteiger partial charge in [0.05, 0.1) is 32.0 Å². The van der Waals surface area contributed by atoms with Crippen molar-refractivity contribution < 1.29 is 70.7 Å². The van der Waals surface area contributed by atoms with Crippen molar-refractivity contribution in [1.82, 2.24) is 60.0 Å². The summed E-state index contributed by atoms with van der Waals surface area (Å²) in [5.41, 5.74) is -1.55. The normalized spacial score (nSPS) is 29.0. The Morgan fingerprint density at radius 2 is 1.20 bits per heavy atom. The second-order valence-electron chi connectivity index (χ2n) is 30.4. The van der Waals surface area contributed by atoms with Gasteiger partial charge in [-0.05, 0) is 120 Å². The molecule has 3 saturated heterocycles. The monoisotopic (exact) mass is 1430 g/mol. The van der Waals surface area contributed by atoms with Gasteiger partial charge in [0.2, 0.25) is 70.9 Å². The molecule has 566 valence electrons. The fourth-order valence-corrected chi connectivity index (χ4v) is 16.3. The fourth-order valence-electron chi connectivity index (χ4n) is 15.8. The van der Waals surface area contributed by atoms with Gasteiger partial charge in [0.1, 0.15) is 47.8 Å². The van der Waals surface area contributed by atoms with Crippen LogP contribution in [-0.2, 0) is 57.5 Å². The number of likely N-dealkylation sites (N-methyl/N-ethyl adjacent to an activating group) is 7. The Kier molecular flexibility index (Phi) is 31.2. The molecule has 28 heteroatoms. The lowest BCUT2D eigenvalue weighted by Crippen LogP contribution is -2.64. The third-order valence-corrected chi connectivity index (χ3v) is 23.0. The van der Waals surface area contributed by atoms with E-state index in [-0.39, 0.29) is 94.9 Å². The van der Waals surface area contributed by atoms with Crippen LogP contribution in [-0.4, -0.2) is 263 Å². The topological polar surface area (TPSA) is 270 Å². The third kappa shape index (κ3) is 21.7. The summed E-state index contributed by atoms with van der Waals surface area (Å²) in [4.78, 5) is 190. The van der Waals surface area contributed by atoms with Crippen LogP contribution in [0.15, 0.2) is 0 Å². The Bertz CT molecular complexity index is 2850. The molecule has 0 aromatic heterocycles. The highest BCUT2D eigenvalue weighted by Gasteiger charge is 2.51. The molecule has 11 atom stereocenters. The maximum atomic E-state index is 15.5. The third-order valence-electron chi connectivity index (χ3n) is 22.5. The van der Waals surface area contributed by atoms with E-state index in [4.69, 9.17) is 11.6 Å². The van der Waals surface area contributed by atoms with Crippen LogP contribution in [0.2, 0.25) is 0 Å². The van der Waals surface area contributed by atoms with Gasteiger partial charge in [-0.1, -0.05) is 105 Å². The summed E-state index contributed by atoms with van der Waals surface area (Å²) in [6.45, 7) is 8.54. The lowest BCUT2D eigenvalue weighted by atomic mass is 9.78. The number of alkyl halides is 4. The van der Waals surface area contributed by atoms with E-state index in [0.29, 0.717) is 64.5 Å². The lowest BCUT2D eigenvalue weighted by Gasteiger charge is -2.41. The van der Waals surface area contributed by atoms with E-state index in [9.17, 15) is 41.9 Å². The average Bonchev–Trinajstić information content (AvgIpc) is 1.58. The van der Waals surface area contributed by atoms with E-state index in [0.717, 1.165) is 59.6 Å². The van der Waals surface area contributed by atoms with Crippen LogP contribution in [0.3, 0.4) is 0 Å². The first kappa shape index (κ1) is 82.7. The van der Waals surface area contributed by atoms with Gasteiger partial charge in [0.15, 0.2) is 0 Å². The van der Waals surface area contributed by atoms with Gasteiger partial charge in [-0.2, -0.15) is 13.2 Å². The van der Waals surface area contributed by atoms with Gasteiger partial charge in [-0.3, -0.25) is 57.5 Å². The number of fused-ring (bicyclic) bond motifs is 1. The largest absolute Gasteiger partial charge is 0.393 e. The molecule has 0 radical (unpaired) electrons. The summed E-state index contributed by atoms with van der Waals surface area (Å²) in [5.74, 6) is -10.2. The summed E-state index contributed by atoms with van der Waals surface area (Å²) in [5, 5.41) is 7.59. The van der Waals surface area contributed by atoms with E-state index in [1.165, 1.54) is 73.8 Å². The van der Waals surface area contributed by atoms with Crippen LogP contribution in [0.4, 0.5) is 13.2 Å². The van der Waals surface area contributed by atoms with Crippen molar-refractivity contribution in [3.8, 4) is 0 Å². The predicted octanol–water partition coefficient (Wildman–Crippen LogP) is 6.48. The van der Waals surface area contributed by atoms with Crippen molar-refractivity contribution in [2.24, 2.45) is 29.6 Å². The first-order valence-corrected chi connectivity index (χ1v) is 37.6. The molecule has 6 aliphatic rings. The van der Waals surface area contributed by atoms with Crippen LogP contribution in [0, 0.1) is 29.6 Å². The Morgan fingerprint density at radius 3 is 1.81 bits per heavy atom. The molecule has 3 aliphatic carbocycles. The molecular weight excluding hydrogens is 1320 g/mol. The van der Waals surface area contributed by atoms with Gasteiger partial charge < -0.3 is 60.0 Å². The summed E-state index contributed by atoms with van der Waals surface area (Å²) >= 11 is 6.40. The molecule has 24 nitrogen and oxygen atoms in total. The van der Waals surface area contributed by atoms with Crippen molar-refractivity contribution in [1.29, 1.82) is 0 Å². The molecular formula is C72H118ClF3N12O12. The Balaban J connectivity index is 1.41. The highest BCUT2D eigenvalue weighted by atomic mass is 35.5. The predicted molar refractivity (Wildman–Crippen MR) is 372 cm³/mol. The first-order chi connectivity index (χ1) is 47.2. The van der Waals surface area contributed by atoms with Crippen LogP contribution in [0.1, 0.15) is 208 Å². The van der Waals surface area contributed by atoms with Crippen molar-refractivity contribution >= 4 is 82.5 Å². The number of nitrogens with zero attached hydrogens (tertiary/aromatic N) is 9. The second-order valence-corrected chi connectivity index (χ2v) is 31.0. The second kappa shape index (κ2) is 37.8. The molecule has 1 spiro atoms. The van der Waals surface area contributed by atoms with E-state index in [1.54, 1.807) is 11.8 Å². The van der Waals surface area contributed by atoms with Gasteiger partial charge in [0, 0.05) is 74.3 Å². The summed E-state index contributed by atoms with van der Waals surface area (Å²) in [6, 6.07) is -8.56. The van der Waals surface area contributed by atoms with E-state index in [1.807, 2.05) is 27.7 Å². The van der Waals surface area contributed by atoms with E-state index in [2.05, 4.69) is 16.0 Å². The molecule has 3 saturated carbocycles. The van der Waals surface area contributed by atoms with Gasteiger partial charge in [-0.15, -0.1) is 11.6 Å². The first-order valence-electron chi connectivity index (χ1n) is 37.2. The number of carbonyl (C=O) groups is 12. The molecule has 0 bridgehead atoms. The molecule has 6 rings (SSSR count). The standard InChI is InChI=1S/C72H118ClF3N12O12/c1-13-15-18-28-54-67(97)85(11)57(68(98)87-36-23-17-24-37-87)42-59(90)83(9)55(39-46(3)4)63(93)78-62(47(5)14-2)69(99)82(8)44-60(91)80(6)45-61(92)84(10)56(41-48-26-19-16-20-27-48)66(96)81(7)43-58(89)77-52(33-31-49-30-32-50(51(73)40-49)72(74,75)76)65(95)88-38-25-29-53(88)64(94)79-71(34-21-22-35-71)70(100)86(54)12/h46-57,62H,13-45H2,1-12H3,(H,77,89)(H,78,93)(H,79,94)/t47-,49?,50?,51?,52-,53-,54-,55-,56-,57-,62-/m0/s1. The minimum atomic E-state index is -4.51. The number of halogens is 4. The maximum absolute atomic E-state index is 15.5. The minimum Gasteiger partial charge on any atom is -0.343 e. The van der Waals surface area contributed by atoms with Gasteiger partial charge in [-0.25, -0.2) is 0 Å². The highest BCUT2D eigenvalue weighted by Crippen LogP contribution is 2.44. The van der Waals surface area contributed by atoms with Crippen LogP contribution in [0.5, 0.6) is 0 Å². The summed E-state index contributed by atoms with van der Waals surface area (Å²) < 4.78 is 42.0. The van der Waals surface area contributed by atoms with Gasteiger partial charge in [0.25, 0.3) is 0 Å². The Morgan fingerprint density at radius 1 is 0.580 bits per heavy atom. The number of hydrogen-bond donors (Lipinski definition) is 3. The number of carbonyl (C=O) groups excluding carboxylic acids is 12. The molecule has 3 N–H and O–H groups in total. The number of piperidine rings is 1. The molecule has 12 amide bonds. The lowest BCUT2D eigenvalue weighted by molar-refractivity contribution is -0.182. The quantitative estimate of drug-likeness (QED) is 0.125. The summed E-state index contributed by atoms with van der Waals surface area (Å²) in [7, 11) is 10.0. The molecule has 100 heavy (non-hydrogen) atoms. The number of nitrogens with one attached hydrogen (secondary N) is 3. The smallest absolute Gasteiger partial charge is 0.343 e. The van der Waals surface area contributed by atoms with Crippen LogP contribution in [0.25, 0.3) is 0 Å². The minimum absolute atomic E-state index is 0.000988. The molecule has 0 aromatic rings. The number of rotatable bonds is 14. The van der Waals surface area contributed by atoms with Gasteiger partial charge >= 0.3 is 6.18 Å². The van der Waals surface area contributed by atoms with Crippen molar-refractivity contribution in [3.63, 3.8) is 0 Å². The van der Waals surface area contributed by atoms with Crippen LogP contribution < -0.4 is 16.0 Å². The van der Waals surface area contributed by atoms with E-state index < -0.39 is 168 Å². The van der Waals surface area contributed by atoms with E-state index >= 15 is 28.8 Å². The van der Waals surface area contributed by atoms with Crippen molar-refractivity contribution in [2.75, 3.05) is 88.6 Å². The number of amides is 12. The number of hydrogen-bond acceptors (Lipinski definition) is 12. The zero-order chi connectivity index (χ0) is 74.1. The molecule has 6 fully saturated rings. The summed E-state index contributed by atoms with van der Waals surface area (Å²) in [6.07, 6.45) is 6.45. The van der Waals surface area contributed by atoms with Crippen molar-refractivity contribution in [3.05, 3.63) is 0 Å². The van der Waals surface area contributed by atoms with Crippen molar-refractivity contribution in [2.45, 2.75) is 267 Å². The maximum Gasteiger partial charge on any atom is 0.393 e. The Labute approximate surface area is 596 Å². The highest BCUT2D eigenvalue weighted by molar-refractivity contribution is 6.21. The fraction of sp³-hybridized carbons (Fsp3) is 0.833. The number of likely N-dealkylation sites (tertiary alicyclic amines) is 1. The average molecular weight is 1440 g/mol. The molecule has 3 unspecified atom stereocenters. The molecule has 3 aliphatic heterocycles. The zero-order valence-corrected chi connectivity index (χ0v) is 62.5. The Hall–Kier alpha value is -6.28. The number of unbranched alkanes of at least 4 members (excludes halogenated alkanes) is 2. The SMILES string of the molecule is CCCCC[C@H]1C(=O)N(C)[C@H](C(=O)N2CCCCC2)CC(=O)N(C)[C@@H](CC(C)C)C(=O)N[C@@H]([C@@H](C)CC)C(=O)N(C)CC(=O)N(C)CC(=O)N(C)[C@@H](CC2CCCCC2)C(=O)N(C)CC(=O)N[C@@H](CCC2CCC(C(F)(F)F)C(Cl)C2)C(=O)N2CCC[C@H]2C(=O)NC2(CCCC2)C(=O)N1C. The zero-order valence-electron chi connectivity index (χ0n) is 61.8. The van der Waals surface area contributed by atoms with Crippen LogP contribution >= 0.6 is 11.6 Å². The molecule has 0 aromatic carbocycles.